The number of halogens is 1. The van der Waals surface area contributed by atoms with E-state index in [-0.39, 0.29) is 17.6 Å². The van der Waals surface area contributed by atoms with Crippen LogP contribution in [0.2, 0.25) is 5.02 Å². The van der Waals surface area contributed by atoms with E-state index in [1.54, 1.807) is 25.1 Å². The smallest absolute Gasteiger partial charge is 0.287 e. The average Bonchev–Trinajstić information content (AvgIpc) is 3.21. The molecule has 132 valence electrons. The van der Waals surface area contributed by atoms with Crippen LogP contribution in [0.4, 0.5) is 0 Å². The van der Waals surface area contributed by atoms with E-state index >= 15 is 0 Å². The van der Waals surface area contributed by atoms with Gasteiger partial charge in [-0.25, -0.2) is 4.98 Å². The maximum absolute atomic E-state index is 12.6. The summed E-state index contributed by atoms with van der Waals surface area (Å²) in [5.74, 6) is -0.223. The Labute approximate surface area is 150 Å². The lowest BCUT2D eigenvalue weighted by atomic mass is 9.93. The molecule has 2 amide bonds. The van der Waals surface area contributed by atoms with Crippen LogP contribution in [0.3, 0.4) is 0 Å². The zero-order valence-electron chi connectivity index (χ0n) is 14.1. The summed E-state index contributed by atoms with van der Waals surface area (Å²) in [5, 5.41) is 3.32. The van der Waals surface area contributed by atoms with Gasteiger partial charge in [0.25, 0.3) is 5.91 Å². The summed E-state index contributed by atoms with van der Waals surface area (Å²) < 4.78 is 0. The van der Waals surface area contributed by atoms with Gasteiger partial charge in [-0.15, -0.1) is 0 Å². The van der Waals surface area contributed by atoms with Gasteiger partial charge in [-0.1, -0.05) is 11.6 Å². The Hall–Kier alpha value is -2.08. The molecule has 0 bridgehead atoms. The first-order valence-corrected chi connectivity index (χ1v) is 9.09. The van der Waals surface area contributed by atoms with Gasteiger partial charge in [0.2, 0.25) is 5.91 Å². The minimum atomic E-state index is -0.572. The molecule has 1 aliphatic heterocycles. The fraction of sp³-hybridized carbons (Fsp3) is 0.500. The Morgan fingerprint density at radius 3 is 2.68 bits per heavy atom. The number of imidazole rings is 1. The van der Waals surface area contributed by atoms with Crippen LogP contribution in [0.1, 0.15) is 43.2 Å². The molecule has 0 radical (unpaired) electrons. The molecule has 25 heavy (non-hydrogen) atoms. The number of carbonyl (C=O) groups excluding carboxylic acids is 2. The molecular formula is C18H21ClN4O2. The number of nitrogens with one attached hydrogen (secondary N) is 2. The molecule has 2 aromatic rings. The number of amides is 2. The van der Waals surface area contributed by atoms with Crippen LogP contribution >= 0.6 is 11.6 Å². The maximum Gasteiger partial charge on any atom is 0.287 e. The van der Waals surface area contributed by atoms with Gasteiger partial charge < -0.3 is 15.2 Å². The summed E-state index contributed by atoms with van der Waals surface area (Å²) in [4.78, 5) is 34.0. The largest absolute Gasteiger partial charge is 0.341 e. The topological polar surface area (TPSA) is 78.1 Å². The Balaban J connectivity index is 1.39. The summed E-state index contributed by atoms with van der Waals surface area (Å²) in [5.41, 5.74) is 1.89. The zero-order valence-corrected chi connectivity index (χ0v) is 14.9. The molecule has 1 spiro atoms. The number of aromatic nitrogens is 2. The van der Waals surface area contributed by atoms with Crippen molar-refractivity contribution >= 4 is 34.4 Å². The molecular weight excluding hydrogens is 340 g/mol. The predicted molar refractivity (Wildman–Crippen MR) is 95.5 cm³/mol. The highest BCUT2D eigenvalue weighted by Crippen LogP contribution is 2.53. The lowest BCUT2D eigenvalue weighted by molar-refractivity contribution is -0.134. The number of likely N-dealkylation sites (tertiary alicyclic amines) is 1. The first-order chi connectivity index (χ1) is 12.0. The molecule has 2 heterocycles. The van der Waals surface area contributed by atoms with Gasteiger partial charge >= 0.3 is 0 Å². The minimum Gasteiger partial charge on any atom is -0.341 e. The lowest BCUT2D eigenvalue weighted by Gasteiger charge is -2.33. The molecule has 6 nitrogen and oxygen atoms in total. The number of H-pyrrole nitrogens is 1. The van der Waals surface area contributed by atoms with E-state index in [1.165, 1.54) is 12.8 Å². The Morgan fingerprint density at radius 1 is 1.28 bits per heavy atom. The van der Waals surface area contributed by atoms with Crippen LogP contribution < -0.4 is 5.32 Å². The van der Waals surface area contributed by atoms with Crippen molar-refractivity contribution < 1.29 is 9.59 Å². The van der Waals surface area contributed by atoms with Crippen molar-refractivity contribution in [3.8, 4) is 0 Å². The van der Waals surface area contributed by atoms with Crippen LogP contribution in [-0.2, 0) is 4.79 Å². The SMILES string of the molecule is C[C@H](NC(=O)c1nc2ccc(Cl)cc2[nH]1)C(=O)N1CCC2(CC1)CC2. The van der Waals surface area contributed by atoms with Crippen molar-refractivity contribution in [2.75, 3.05) is 13.1 Å². The Bertz CT molecular complexity index is 833. The fourth-order valence-corrected chi connectivity index (χ4v) is 3.74. The third kappa shape index (κ3) is 3.23. The van der Waals surface area contributed by atoms with E-state index in [4.69, 9.17) is 11.6 Å². The quantitative estimate of drug-likeness (QED) is 0.883. The number of hydrogen-bond donors (Lipinski definition) is 2. The van der Waals surface area contributed by atoms with Gasteiger partial charge in [-0.05, 0) is 56.2 Å². The maximum atomic E-state index is 12.6. The number of nitrogens with zero attached hydrogens (tertiary/aromatic N) is 2. The standard InChI is InChI=1S/C18H21ClN4O2/c1-11(17(25)23-8-6-18(4-5-18)7-9-23)20-16(24)15-21-13-3-2-12(19)10-14(13)22-15/h2-3,10-11H,4-9H2,1H3,(H,20,24)(H,21,22)/t11-/m0/s1. The lowest BCUT2D eigenvalue weighted by Crippen LogP contribution is -2.49. The molecule has 1 aliphatic carbocycles. The van der Waals surface area contributed by atoms with Crippen molar-refractivity contribution in [2.45, 2.75) is 38.6 Å². The molecule has 0 unspecified atom stereocenters. The second kappa shape index (κ2) is 6.02. The van der Waals surface area contributed by atoms with Crippen molar-refractivity contribution in [2.24, 2.45) is 5.41 Å². The van der Waals surface area contributed by atoms with Crippen LogP contribution in [-0.4, -0.2) is 45.8 Å². The molecule has 1 aromatic heterocycles. The number of aromatic amines is 1. The van der Waals surface area contributed by atoms with E-state index in [1.807, 2.05) is 4.90 Å². The summed E-state index contributed by atoms with van der Waals surface area (Å²) in [6.45, 7) is 3.31. The van der Waals surface area contributed by atoms with Crippen LogP contribution in [0.25, 0.3) is 11.0 Å². The number of piperidine rings is 1. The highest BCUT2D eigenvalue weighted by molar-refractivity contribution is 6.31. The Kier molecular flexibility index (Phi) is 3.95. The molecule has 7 heteroatoms. The van der Waals surface area contributed by atoms with Gasteiger partial charge in [-0.2, -0.15) is 0 Å². The monoisotopic (exact) mass is 360 g/mol. The van der Waals surface area contributed by atoms with Gasteiger partial charge in [-0.3, -0.25) is 9.59 Å². The van der Waals surface area contributed by atoms with Crippen molar-refractivity contribution in [3.63, 3.8) is 0 Å². The third-order valence-corrected chi connectivity index (χ3v) is 5.71. The summed E-state index contributed by atoms with van der Waals surface area (Å²) in [6.07, 6.45) is 4.78. The van der Waals surface area contributed by atoms with Crippen LogP contribution in [0.15, 0.2) is 18.2 Å². The summed E-state index contributed by atoms with van der Waals surface area (Å²) in [6, 6.07) is 4.62. The first kappa shape index (κ1) is 16.4. The molecule has 1 atom stereocenters. The molecule has 1 saturated carbocycles. The van der Waals surface area contributed by atoms with Gasteiger partial charge in [0.15, 0.2) is 5.82 Å². The number of benzene rings is 1. The van der Waals surface area contributed by atoms with Crippen molar-refractivity contribution in [1.29, 1.82) is 0 Å². The molecule has 4 rings (SSSR count). The summed E-state index contributed by atoms with van der Waals surface area (Å²) >= 11 is 5.95. The highest BCUT2D eigenvalue weighted by Gasteiger charge is 2.45. The molecule has 1 saturated heterocycles. The first-order valence-electron chi connectivity index (χ1n) is 8.71. The molecule has 2 aliphatic rings. The van der Waals surface area contributed by atoms with Crippen LogP contribution in [0, 0.1) is 5.41 Å². The van der Waals surface area contributed by atoms with Crippen molar-refractivity contribution in [1.82, 2.24) is 20.2 Å². The zero-order chi connectivity index (χ0) is 17.6. The van der Waals surface area contributed by atoms with Gasteiger partial charge in [0, 0.05) is 18.1 Å². The van der Waals surface area contributed by atoms with E-state index in [2.05, 4.69) is 15.3 Å². The summed E-state index contributed by atoms with van der Waals surface area (Å²) in [7, 11) is 0. The van der Waals surface area contributed by atoms with Crippen molar-refractivity contribution in [3.05, 3.63) is 29.0 Å². The van der Waals surface area contributed by atoms with Crippen LogP contribution in [0.5, 0.6) is 0 Å². The van der Waals surface area contributed by atoms with E-state index in [0.29, 0.717) is 21.5 Å². The fourth-order valence-electron chi connectivity index (χ4n) is 3.57. The van der Waals surface area contributed by atoms with E-state index < -0.39 is 6.04 Å². The molecule has 1 aromatic carbocycles. The highest BCUT2D eigenvalue weighted by atomic mass is 35.5. The van der Waals surface area contributed by atoms with E-state index in [0.717, 1.165) is 25.9 Å². The normalized spacial score (nSPS) is 19.8. The van der Waals surface area contributed by atoms with Gasteiger partial charge in [0.05, 0.1) is 11.0 Å². The Morgan fingerprint density at radius 2 is 2.00 bits per heavy atom. The van der Waals surface area contributed by atoms with E-state index in [9.17, 15) is 9.59 Å². The average molecular weight is 361 g/mol. The molecule has 2 fully saturated rings. The number of fused-ring (bicyclic) bond motifs is 1. The van der Waals surface area contributed by atoms with Gasteiger partial charge in [0.1, 0.15) is 6.04 Å². The second-order valence-electron chi connectivity index (χ2n) is 7.27. The number of hydrogen-bond acceptors (Lipinski definition) is 3. The number of rotatable bonds is 3. The third-order valence-electron chi connectivity index (χ3n) is 5.47. The predicted octanol–water partition coefficient (Wildman–Crippen LogP) is 2.74. The second-order valence-corrected chi connectivity index (χ2v) is 7.70. The number of carbonyl (C=O) groups is 2. The molecule has 2 N–H and O–H groups in total. The minimum absolute atomic E-state index is 0.0250.